The molecule has 0 aliphatic rings. The van der Waals surface area contributed by atoms with Crippen LogP contribution in [0.25, 0.3) is 0 Å². The fraction of sp³-hybridized carbons (Fsp3) is 0.182. The lowest BCUT2D eigenvalue weighted by molar-refractivity contribution is 0.414. The van der Waals surface area contributed by atoms with Crippen molar-refractivity contribution in [3.63, 3.8) is 0 Å². The lowest BCUT2D eigenvalue weighted by Crippen LogP contribution is -2.30. The molecular weight excluding hydrogens is 393 g/mol. The van der Waals surface area contributed by atoms with Crippen molar-refractivity contribution in [2.45, 2.75) is 18.4 Å². The van der Waals surface area contributed by atoms with Crippen LogP contribution in [0.2, 0.25) is 0 Å². The molecule has 0 radical (unpaired) electrons. The summed E-state index contributed by atoms with van der Waals surface area (Å²) in [5.41, 5.74) is 1.43. The van der Waals surface area contributed by atoms with E-state index < -0.39 is 15.8 Å². The molecule has 5 nitrogen and oxygen atoms in total. The molecule has 0 aliphatic heterocycles. The van der Waals surface area contributed by atoms with Crippen LogP contribution in [0.15, 0.2) is 71.6 Å². The number of aryl methyl sites for hydroxylation is 1. The van der Waals surface area contributed by atoms with E-state index in [1.165, 1.54) is 29.6 Å². The summed E-state index contributed by atoms with van der Waals surface area (Å²) in [6, 6.07) is 17.6. The van der Waals surface area contributed by atoms with Crippen LogP contribution in [0.3, 0.4) is 0 Å². The highest BCUT2D eigenvalue weighted by Gasteiger charge is 2.26. The number of ether oxygens (including phenoxy) is 2. The SMILES string of the molecule is COc1ccc(CN(c2ccc(C)c(F)c2)S(=O)(=O)c2ccc(OC)cc2)cc1. The first-order valence-electron chi connectivity index (χ1n) is 8.91. The van der Waals surface area contributed by atoms with Gasteiger partial charge in [-0.05, 0) is 66.6 Å². The van der Waals surface area contributed by atoms with Gasteiger partial charge in [0.25, 0.3) is 10.0 Å². The van der Waals surface area contributed by atoms with E-state index in [1.807, 2.05) is 0 Å². The Kier molecular flexibility index (Phi) is 6.08. The van der Waals surface area contributed by atoms with Crippen LogP contribution in [0.5, 0.6) is 11.5 Å². The summed E-state index contributed by atoms with van der Waals surface area (Å²) in [5, 5.41) is 0. The summed E-state index contributed by atoms with van der Waals surface area (Å²) in [6.07, 6.45) is 0. The molecule has 7 heteroatoms. The minimum atomic E-state index is -3.94. The standard InChI is InChI=1S/C22H22FNO4S/c1-16-4-7-18(14-22(16)23)24(15-17-5-8-19(27-2)9-6-17)29(25,26)21-12-10-20(28-3)11-13-21/h4-14H,15H2,1-3H3. The molecule has 0 atom stereocenters. The first kappa shape index (κ1) is 20.7. The number of anilines is 1. The summed E-state index contributed by atoms with van der Waals surface area (Å²) in [6.45, 7) is 1.67. The minimum Gasteiger partial charge on any atom is -0.497 e. The zero-order valence-electron chi connectivity index (χ0n) is 16.4. The Labute approximate surface area is 170 Å². The predicted octanol–water partition coefficient (Wildman–Crippen LogP) is 4.55. The predicted molar refractivity (Wildman–Crippen MR) is 110 cm³/mol. The minimum absolute atomic E-state index is 0.0425. The van der Waals surface area contributed by atoms with Gasteiger partial charge in [-0.1, -0.05) is 18.2 Å². The fourth-order valence-corrected chi connectivity index (χ4v) is 4.27. The van der Waals surface area contributed by atoms with Crippen molar-refractivity contribution in [1.82, 2.24) is 0 Å². The molecule has 0 spiro atoms. The second-order valence-corrected chi connectivity index (χ2v) is 8.33. The lowest BCUT2D eigenvalue weighted by atomic mass is 10.2. The van der Waals surface area contributed by atoms with Crippen molar-refractivity contribution in [3.8, 4) is 11.5 Å². The highest BCUT2D eigenvalue weighted by atomic mass is 32.2. The lowest BCUT2D eigenvalue weighted by Gasteiger charge is -2.25. The van der Waals surface area contributed by atoms with Crippen LogP contribution in [0.1, 0.15) is 11.1 Å². The summed E-state index contributed by atoms with van der Waals surface area (Å²) >= 11 is 0. The molecule has 0 unspecified atom stereocenters. The van der Waals surface area contributed by atoms with Crippen molar-refractivity contribution >= 4 is 15.7 Å². The van der Waals surface area contributed by atoms with Crippen molar-refractivity contribution < 1.29 is 22.3 Å². The quantitative estimate of drug-likeness (QED) is 0.568. The number of nitrogens with zero attached hydrogens (tertiary/aromatic N) is 1. The number of hydrogen-bond acceptors (Lipinski definition) is 4. The number of rotatable bonds is 7. The van der Waals surface area contributed by atoms with Gasteiger partial charge in [-0.2, -0.15) is 0 Å². The van der Waals surface area contributed by atoms with E-state index >= 15 is 0 Å². The molecule has 0 saturated carbocycles. The van der Waals surface area contributed by atoms with E-state index in [0.29, 0.717) is 17.1 Å². The summed E-state index contributed by atoms with van der Waals surface area (Å²) in [7, 11) is -0.874. The van der Waals surface area contributed by atoms with Crippen LogP contribution in [-0.4, -0.2) is 22.6 Å². The number of methoxy groups -OCH3 is 2. The van der Waals surface area contributed by atoms with Gasteiger partial charge in [0.05, 0.1) is 31.3 Å². The number of hydrogen-bond donors (Lipinski definition) is 0. The second kappa shape index (κ2) is 8.53. The van der Waals surface area contributed by atoms with Crippen molar-refractivity contribution in [2.24, 2.45) is 0 Å². The number of benzene rings is 3. The van der Waals surface area contributed by atoms with E-state index in [9.17, 15) is 12.8 Å². The van der Waals surface area contributed by atoms with Crippen LogP contribution in [0, 0.1) is 12.7 Å². The smallest absolute Gasteiger partial charge is 0.264 e. The molecule has 3 rings (SSSR count). The van der Waals surface area contributed by atoms with E-state index in [2.05, 4.69) is 0 Å². The third-order valence-electron chi connectivity index (χ3n) is 4.58. The Balaban J connectivity index is 2.05. The molecule has 3 aromatic carbocycles. The van der Waals surface area contributed by atoms with E-state index in [4.69, 9.17) is 9.47 Å². The Morgan fingerprint density at radius 2 is 1.41 bits per heavy atom. The maximum absolute atomic E-state index is 14.2. The Morgan fingerprint density at radius 1 is 0.862 bits per heavy atom. The molecule has 0 aromatic heterocycles. The summed E-state index contributed by atoms with van der Waals surface area (Å²) in [4.78, 5) is 0.0906. The van der Waals surface area contributed by atoms with Crippen LogP contribution in [0.4, 0.5) is 10.1 Å². The molecule has 0 aliphatic carbocycles. The van der Waals surface area contributed by atoms with E-state index in [-0.39, 0.29) is 17.1 Å². The molecule has 152 valence electrons. The van der Waals surface area contributed by atoms with Crippen molar-refractivity contribution in [1.29, 1.82) is 0 Å². The Hall–Kier alpha value is -3.06. The van der Waals surface area contributed by atoms with Crippen molar-refractivity contribution in [3.05, 3.63) is 83.7 Å². The number of sulfonamides is 1. The molecule has 0 saturated heterocycles. The molecule has 0 bridgehead atoms. The van der Waals surface area contributed by atoms with Gasteiger partial charge in [0.2, 0.25) is 0 Å². The monoisotopic (exact) mass is 415 g/mol. The topological polar surface area (TPSA) is 55.8 Å². The normalized spacial score (nSPS) is 11.2. The van der Waals surface area contributed by atoms with E-state index in [1.54, 1.807) is 62.6 Å². The van der Waals surface area contributed by atoms with Gasteiger partial charge in [-0.25, -0.2) is 12.8 Å². The Morgan fingerprint density at radius 3 is 1.93 bits per heavy atom. The largest absolute Gasteiger partial charge is 0.497 e. The average molecular weight is 415 g/mol. The molecule has 3 aromatic rings. The van der Waals surface area contributed by atoms with Gasteiger partial charge in [-0.3, -0.25) is 4.31 Å². The molecule has 0 N–H and O–H groups in total. The van der Waals surface area contributed by atoms with Crippen LogP contribution < -0.4 is 13.8 Å². The molecule has 0 amide bonds. The van der Waals surface area contributed by atoms with Gasteiger partial charge in [-0.15, -0.1) is 0 Å². The average Bonchev–Trinajstić information content (AvgIpc) is 2.74. The molecule has 0 fully saturated rings. The van der Waals surface area contributed by atoms with Gasteiger partial charge >= 0.3 is 0 Å². The highest BCUT2D eigenvalue weighted by molar-refractivity contribution is 7.92. The van der Waals surface area contributed by atoms with Crippen LogP contribution in [-0.2, 0) is 16.6 Å². The fourth-order valence-electron chi connectivity index (χ4n) is 2.82. The maximum Gasteiger partial charge on any atom is 0.264 e. The third-order valence-corrected chi connectivity index (χ3v) is 6.36. The summed E-state index contributed by atoms with van der Waals surface area (Å²) < 4.78 is 52.4. The van der Waals surface area contributed by atoms with Gasteiger partial charge < -0.3 is 9.47 Å². The third kappa shape index (κ3) is 4.51. The zero-order chi connectivity index (χ0) is 21.0. The maximum atomic E-state index is 14.2. The number of halogens is 1. The first-order valence-corrected chi connectivity index (χ1v) is 10.3. The van der Waals surface area contributed by atoms with Gasteiger partial charge in [0.15, 0.2) is 0 Å². The molecule has 29 heavy (non-hydrogen) atoms. The molecule has 0 heterocycles. The highest BCUT2D eigenvalue weighted by Crippen LogP contribution is 2.29. The van der Waals surface area contributed by atoms with Crippen molar-refractivity contribution in [2.75, 3.05) is 18.5 Å². The zero-order valence-corrected chi connectivity index (χ0v) is 17.2. The van der Waals surface area contributed by atoms with Gasteiger partial charge in [0.1, 0.15) is 17.3 Å². The molecular formula is C22H22FNO4S. The van der Waals surface area contributed by atoms with Gasteiger partial charge in [0, 0.05) is 0 Å². The van der Waals surface area contributed by atoms with E-state index in [0.717, 1.165) is 5.56 Å². The Bertz CT molecular complexity index is 1080. The second-order valence-electron chi connectivity index (χ2n) is 6.47. The first-order chi connectivity index (χ1) is 13.8. The summed E-state index contributed by atoms with van der Waals surface area (Å²) in [5.74, 6) is 0.749. The van der Waals surface area contributed by atoms with Crippen LogP contribution >= 0.6 is 0 Å².